The van der Waals surface area contributed by atoms with Crippen LogP contribution in [0.5, 0.6) is 0 Å². The summed E-state index contributed by atoms with van der Waals surface area (Å²) in [5.41, 5.74) is 2.21. The third-order valence-corrected chi connectivity index (χ3v) is 3.52. The highest BCUT2D eigenvalue weighted by Gasteiger charge is 2.44. The van der Waals surface area contributed by atoms with Crippen molar-refractivity contribution < 1.29 is 19.9 Å². The van der Waals surface area contributed by atoms with Gasteiger partial charge in [0, 0.05) is 6.42 Å². The molecule has 0 radical (unpaired) electrons. The fourth-order valence-corrected chi connectivity index (χ4v) is 2.66. The molecule has 1 saturated heterocycles. The Labute approximate surface area is 93.6 Å². The van der Waals surface area contributed by atoms with Crippen molar-refractivity contribution in [2.45, 2.75) is 37.6 Å². The van der Waals surface area contributed by atoms with Crippen molar-refractivity contribution in [2.24, 2.45) is 0 Å². The Morgan fingerprint density at radius 3 is 2.94 bits per heavy atom. The molecule has 0 amide bonds. The molecule has 86 valence electrons. The summed E-state index contributed by atoms with van der Waals surface area (Å²) >= 11 is 0. The lowest BCUT2D eigenvalue weighted by Crippen LogP contribution is -2.36. The summed E-state index contributed by atoms with van der Waals surface area (Å²) < 4.78 is 0. The van der Waals surface area contributed by atoms with E-state index in [0.717, 1.165) is 19.3 Å². The molecule has 16 heavy (non-hydrogen) atoms. The van der Waals surface area contributed by atoms with Gasteiger partial charge in [-0.2, -0.15) is 0 Å². The van der Waals surface area contributed by atoms with E-state index in [9.17, 15) is 0 Å². The van der Waals surface area contributed by atoms with Crippen LogP contribution in [0, 0.1) is 0 Å². The number of fused-ring (bicyclic) bond motifs is 2. The highest BCUT2D eigenvalue weighted by atomic mass is 17.3. The average Bonchev–Trinajstić information content (AvgIpc) is 2.71. The van der Waals surface area contributed by atoms with E-state index in [1.807, 2.05) is 12.1 Å². The minimum absolute atomic E-state index is 0.328. The number of benzene rings is 1. The number of hydrogen-bond acceptors (Lipinski definition) is 4. The van der Waals surface area contributed by atoms with E-state index in [0.29, 0.717) is 6.42 Å². The molecule has 1 heterocycles. The van der Waals surface area contributed by atoms with Crippen LogP contribution < -0.4 is 0 Å². The molecule has 4 heteroatoms. The van der Waals surface area contributed by atoms with Gasteiger partial charge in [0.1, 0.15) is 5.60 Å². The molecule has 4 nitrogen and oxygen atoms in total. The Hall–Kier alpha value is -0.940. The molecular formula is C12H14O4. The Morgan fingerprint density at radius 1 is 1.31 bits per heavy atom. The first-order valence-electron chi connectivity index (χ1n) is 5.57. The number of hydrogen-bond donors (Lipinski definition) is 1. The van der Waals surface area contributed by atoms with Gasteiger partial charge in [-0.15, -0.1) is 0 Å². The monoisotopic (exact) mass is 222 g/mol. The minimum Gasteiger partial charge on any atom is -0.249 e. The van der Waals surface area contributed by atoms with Gasteiger partial charge in [0.05, 0.1) is 0 Å². The predicted octanol–water partition coefficient (Wildman–Crippen LogP) is 2.39. The van der Waals surface area contributed by atoms with E-state index < -0.39 is 6.29 Å². The second kappa shape index (κ2) is 3.82. The van der Waals surface area contributed by atoms with E-state index in [-0.39, 0.29) is 5.60 Å². The van der Waals surface area contributed by atoms with Crippen molar-refractivity contribution in [1.29, 1.82) is 0 Å². The molecule has 3 rings (SSSR count). The van der Waals surface area contributed by atoms with Gasteiger partial charge >= 0.3 is 0 Å². The minimum atomic E-state index is -0.654. The summed E-state index contributed by atoms with van der Waals surface area (Å²) in [6.45, 7) is 0. The molecule has 1 fully saturated rings. The second-order valence-electron chi connectivity index (χ2n) is 4.40. The molecule has 1 spiro atoms. The average molecular weight is 222 g/mol. The molecular weight excluding hydrogens is 208 g/mol. The number of rotatable bonds is 1. The molecule has 2 atom stereocenters. The van der Waals surface area contributed by atoms with Crippen molar-refractivity contribution in [3.8, 4) is 0 Å². The molecule has 1 aliphatic carbocycles. The summed E-state index contributed by atoms with van der Waals surface area (Å²) in [6.07, 6.45) is 2.76. The summed E-state index contributed by atoms with van der Waals surface area (Å²) in [7, 11) is 0. The molecule has 0 aromatic heterocycles. The van der Waals surface area contributed by atoms with Crippen molar-refractivity contribution >= 4 is 0 Å². The van der Waals surface area contributed by atoms with Crippen LogP contribution in [0.3, 0.4) is 0 Å². The lowest BCUT2D eigenvalue weighted by atomic mass is 9.90. The van der Waals surface area contributed by atoms with Crippen molar-refractivity contribution in [2.75, 3.05) is 0 Å². The highest BCUT2D eigenvalue weighted by molar-refractivity contribution is 5.37. The second-order valence-corrected chi connectivity index (χ2v) is 4.40. The Kier molecular flexibility index (Phi) is 2.44. The van der Waals surface area contributed by atoms with Crippen LogP contribution >= 0.6 is 0 Å². The summed E-state index contributed by atoms with van der Waals surface area (Å²) in [4.78, 5) is 14.7. The molecule has 2 unspecified atom stereocenters. The van der Waals surface area contributed by atoms with Crippen LogP contribution in [0.25, 0.3) is 0 Å². The van der Waals surface area contributed by atoms with Gasteiger partial charge in [-0.25, -0.2) is 19.9 Å². The fourth-order valence-electron chi connectivity index (χ4n) is 2.66. The maximum absolute atomic E-state index is 8.51. The third-order valence-electron chi connectivity index (χ3n) is 3.52. The SMILES string of the molecule is OOC1CCC2(CCc3ccccc32)OO1. The summed E-state index contributed by atoms with van der Waals surface area (Å²) in [6, 6.07) is 8.28. The van der Waals surface area contributed by atoms with Gasteiger partial charge in [0.25, 0.3) is 0 Å². The fraction of sp³-hybridized carbons (Fsp3) is 0.500. The van der Waals surface area contributed by atoms with E-state index >= 15 is 0 Å². The molecule has 2 aliphatic rings. The lowest BCUT2D eigenvalue weighted by Gasteiger charge is -2.35. The molecule has 1 aromatic carbocycles. The van der Waals surface area contributed by atoms with E-state index in [4.69, 9.17) is 15.0 Å². The molecule has 1 aromatic rings. The Morgan fingerprint density at radius 2 is 2.19 bits per heavy atom. The van der Waals surface area contributed by atoms with Gasteiger partial charge in [-0.3, -0.25) is 0 Å². The summed E-state index contributed by atoms with van der Waals surface area (Å²) in [5.74, 6) is 0. The standard InChI is InChI=1S/C12H14O4/c13-14-11-6-8-12(16-15-11)7-5-9-3-1-2-4-10(9)12/h1-4,11,13H,5-8H2. The van der Waals surface area contributed by atoms with Crippen LogP contribution in [0.2, 0.25) is 0 Å². The van der Waals surface area contributed by atoms with Crippen LogP contribution in [-0.2, 0) is 26.7 Å². The maximum atomic E-state index is 8.51. The van der Waals surface area contributed by atoms with E-state index in [2.05, 4.69) is 17.0 Å². The Balaban J connectivity index is 1.87. The van der Waals surface area contributed by atoms with Crippen LogP contribution in [0.4, 0.5) is 0 Å². The highest BCUT2D eigenvalue weighted by Crippen LogP contribution is 2.46. The lowest BCUT2D eigenvalue weighted by molar-refractivity contribution is -0.500. The quantitative estimate of drug-likeness (QED) is 0.585. The molecule has 1 N–H and O–H groups in total. The molecule has 1 aliphatic heterocycles. The van der Waals surface area contributed by atoms with Crippen LogP contribution in [-0.4, -0.2) is 11.5 Å². The largest absolute Gasteiger partial charge is 0.249 e. The van der Waals surface area contributed by atoms with Crippen LogP contribution in [0.15, 0.2) is 24.3 Å². The van der Waals surface area contributed by atoms with E-state index in [1.54, 1.807) is 0 Å². The van der Waals surface area contributed by atoms with Gasteiger partial charge in [0.15, 0.2) is 0 Å². The zero-order valence-electron chi connectivity index (χ0n) is 8.89. The van der Waals surface area contributed by atoms with E-state index in [1.165, 1.54) is 11.1 Å². The van der Waals surface area contributed by atoms with Crippen molar-refractivity contribution in [3.05, 3.63) is 35.4 Å². The topological polar surface area (TPSA) is 47.9 Å². The van der Waals surface area contributed by atoms with Gasteiger partial charge in [-0.05, 0) is 30.4 Å². The smallest absolute Gasteiger partial charge is 0.224 e. The Bertz CT molecular complexity index is 382. The first-order valence-corrected chi connectivity index (χ1v) is 5.57. The molecule has 0 bridgehead atoms. The first-order chi connectivity index (χ1) is 7.84. The maximum Gasteiger partial charge on any atom is 0.224 e. The number of aryl methyl sites for hydroxylation is 1. The van der Waals surface area contributed by atoms with Gasteiger partial charge in [0.2, 0.25) is 6.29 Å². The van der Waals surface area contributed by atoms with Gasteiger partial charge < -0.3 is 0 Å². The zero-order chi connectivity index (χ0) is 11.0. The molecule has 0 saturated carbocycles. The van der Waals surface area contributed by atoms with Crippen molar-refractivity contribution in [3.63, 3.8) is 0 Å². The normalized spacial score (nSPS) is 32.9. The van der Waals surface area contributed by atoms with Gasteiger partial charge in [-0.1, -0.05) is 24.3 Å². The zero-order valence-corrected chi connectivity index (χ0v) is 8.89. The van der Waals surface area contributed by atoms with Crippen molar-refractivity contribution in [1.82, 2.24) is 0 Å². The predicted molar refractivity (Wildman–Crippen MR) is 55.3 cm³/mol. The van der Waals surface area contributed by atoms with Crippen LogP contribution in [0.1, 0.15) is 30.4 Å². The first kappa shape index (κ1) is 10.2. The third kappa shape index (κ3) is 1.46. The summed E-state index contributed by atoms with van der Waals surface area (Å²) in [5, 5.41) is 8.51.